The number of hydrogen-bond acceptors (Lipinski definition) is 3. The van der Waals surface area contributed by atoms with Gasteiger partial charge in [-0.2, -0.15) is 5.26 Å². The van der Waals surface area contributed by atoms with Crippen molar-refractivity contribution in [2.45, 2.75) is 13.3 Å². The molecule has 0 heterocycles. The Bertz CT molecular complexity index is 432. The van der Waals surface area contributed by atoms with E-state index < -0.39 is 5.97 Å². The van der Waals surface area contributed by atoms with Gasteiger partial charge in [-0.3, -0.25) is 0 Å². The highest BCUT2D eigenvalue weighted by Gasteiger charge is 2.16. The van der Waals surface area contributed by atoms with Gasteiger partial charge in [-0.15, -0.1) is 0 Å². The van der Waals surface area contributed by atoms with E-state index in [1.807, 2.05) is 13.0 Å². The van der Waals surface area contributed by atoms with Crippen LogP contribution >= 0.6 is 0 Å². The van der Waals surface area contributed by atoms with Crippen molar-refractivity contribution in [1.82, 2.24) is 0 Å². The van der Waals surface area contributed by atoms with Crippen molar-refractivity contribution < 1.29 is 14.6 Å². The van der Waals surface area contributed by atoms with E-state index in [1.54, 1.807) is 0 Å². The highest BCUT2D eigenvalue weighted by Crippen LogP contribution is 2.25. The molecule has 0 aromatic heterocycles. The van der Waals surface area contributed by atoms with Crippen LogP contribution in [0.25, 0.3) is 0 Å². The maximum absolute atomic E-state index is 10.9. The summed E-state index contributed by atoms with van der Waals surface area (Å²) < 4.78 is 5.00. The van der Waals surface area contributed by atoms with Crippen molar-refractivity contribution in [3.05, 3.63) is 28.8 Å². The Morgan fingerprint density at radius 1 is 1.60 bits per heavy atom. The Morgan fingerprint density at radius 3 is 2.67 bits per heavy atom. The number of aromatic carboxylic acids is 1. The van der Waals surface area contributed by atoms with E-state index >= 15 is 0 Å². The monoisotopic (exact) mass is 205 g/mol. The average Bonchev–Trinajstić information content (AvgIpc) is 2.26. The van der Waals surface area contributed by atoms with Gasteiger partial charge < -0.3 is 9.84 Å². The molecule has 0 amide bonds. The number of methoxy groups -OCH3 is 1. The average molecular weight is 205 g/mol. The van der Waals surface area contributed by atoms with Crippen LogP contribution in [0.1, 0.15) is 28.4 Å². The second-order valence-electron chi connectivity index (χ2n) is 2.94. The molecule has 0 atom stereocenters. The summed E-state index contributed by atoms with van der Waals surface area (Å²) in [6.45, 7) is 1.81. The first-order chi connectivity index (χ1) is 7.15. The minimum atomic E-state index is -1.02. The summed E-state index contributed by atoms with van der Waals surface area (Å²) in [6, 6.07) is 4.93. The van der Waals surface area contributed by atoms with E-state index in [2.05, 4.69) is 0 Å². The topological polar surface area (TPSA) is 70.3 Å². The van der Waals surface area contributed by atoms with Gasteiger partial charge in [0, 0.05) is 0 Å². The molecule has 4 nitrogen and oxygen atoms in total. The highest BCUT2D eigenvalue weighted by atomic mass is 16.5. The summed E-state index contributed by atoms with van der Waals surface area (Å²) in [4.78, 5) is 10.9. The molecule has 1 aromatic carbocycles. The lowest BCUT2D eigenvalue weighted by atomic mass is 9.98. The second-order valence-corrected chi connectivity index (χ2v) is 2.94. The van der Waals surface area contributed by atoms with E-state index in [9.17, 15) is 4.79 Å². The zero-order valence-corrected chi connectivity index (χ0v) is 8.57. The third-order valence-corrected chi connectivity index (χ3v) is 2.19. The molecule has 0 aliphatic carbocycles. The summed E-state index contributed by atoms with van der Waals surface area (Å²) in [5.74, 6) is -0.606. The lowest BCUT2D eigenvalue weighted by Crippen LogP contribution is -2.05. The molecule has 78 valence electrons. The number of rotatable bonds is 3. The van der Waals surface area contributed by atoms with Crippen LogP contribution in [0.3, 0.4) is 0 Å². The van der Waals surface area contributed by atoms with Gasteiger partial charge >= 0.3 is 5.97 Å². The molecule has 1 rings (SSSR count). The maximum atomic E-state index is 10.9. The normalized spacial score (nSPS) is 9.40. The summed E-state index contributed by atoms with van der Waals surface area (Å²) in [6.07, 6.45) is 0.488. The summed E-state index contributed by atoms with van der Waals surface area (Å²) >= 11 is 0. The van der Waals surface area contributed by atoms with Crippen molar-refractivity contribution in [3.8, 4) is 11.8 Å². The van der Waals surface area contributed by atoms with E-state index in [-0.39, 0.29) is 5.56 Å². The minimum Gasteiger partial charge on any atom is -0.495 e. The fourth-order valence-corrected chi connectivity index (χ4v) is 1.49. The van der Waals surface area contributed by atoms with Crippen LogP contribution < -0.4 is 4.74 Å². The molecule has 1 N–H and O–H groups in total. The Labute approximate surface area is 87.7 Å². The van der Waals surface area contributed by atoms with Crippen molar-refractivity contribution in [2.24, 2.45) is 0 Å². The largest absolute Gasteiger partial charge is 0.495 e. The van der Waals surface area contributed by atoms with Crippen LogP contribution in [0.5, 0.6) is 5.75 Å². The minimum absolute atomic E-state index is 0.162. The number of carbonyl (C=O) groups is 1. The zero-order valence-electron chi connectivity index (χ0n) is 8.57. The molecule has 0 unspecified atom stereocenters. The van der Waals surface area contributed by atoms with Gasteiger partial charge in [0.15, 0.2) is 0 Å². The Balaban J connectivity index is 3.50. The second kappa shape index (κ2) is 4.47. The number of carboxylic acid groups (broad SMARTS) is 1. The van der Waals surface area contributed by atoms with Crippen LogP contribution in [0.4, 0.5) is 0 Å². The van der Waals surface area contributed by atoms with Crippen LogP contribution in [0, 0.1) is 11.3 Å². The first kappa shape index (κ1) is 11.1. The molecule has 0 bridgehead atoms. The molecule has 0 spiro atoms. The fourth-order valence-electron chi connectivity index (χ4n) is 1.49. The highest BCUT2D eigenvalue weighted by molar-refractivity contribution is 5.90. The molecule has 0 saturated heterocycles. The molecule has 0 saturated carbocycles. The van der Waals surface area contributed by atoms with Gasteiger partial charge in [0.1, 0.15) is 11.8 Å². The Morgan fingerprint density at radius 2 is 2.27 bits per heavy atom. The number of ether oxygens (including phenoxy) is 1. The summed E-state index contributed by atoms with van der Waals surface area (Å²) in [7, 11) is 1.45. The van der Waals surface area contributed by atoms with E-state index in [1.165, 1.54) is 19.2 Å². The number of nitriles is 1. The van der Waals surface area contributed by atoms with Crippen molar-refractivity contribution >= 4 is 5.97 Å². The lowest BCUT2D eigenvalue weighted by Gasteiger charge is -2.09. The first-order valence-electron chi connectivity index (χ1n) is 4.49. The molecular weight excluding hydrogens is 194 g/mol. The molecule has 1 aromatic rings. The molecule has 4 heteroatoms. The van der Waals surface area contributed by atoms with Gasteiger partial charge in [0.25, 0.3) is 0 Å². The standard InChI is InChI=1S/C11H11NO3/c1-3-7-8(11(13)14)4-5-10(15-2)9(7)6-12/h4-5H,3H2,1-2H3,(H,13,14). The maximum Gasteiger partial charge on any atom is 0.336 e. The molecule has 0 aliphatic rings. The van der Waals surface area contributed by atoms with Crippen LogP contribution in [-0.2, 0) is 6.42 Å². The molecule has 0 aliphatic heterocycles. The number of hydrogen-bond donors (Lipinski definition) is 1. The molecule has 15 heavy (non-hydrogen) atoms. The van der Waals surface area contributed by atoms with E-state index in [0.29, 0.717) is 23.3 Å². The zero-order chi connectivity index (χ0) is 11.4. The van der Waals surface area contributed by atoms with Crippen molar-refractivity contribution in [1.29, 1.82) is 5.26 Å². The predicted molar refractivity (Wildman–Crippen MR) is 54.0 cm³/mol. The van der Waals surface area contributed by atoms with Crippen molar-refractivity contribution in [2.75, 3.05) is 7.11 Å². The summed E-state index contributed by atoms with van der Waals surface area (Å²) in [5, 5.41) is 17.9. The quantitative estimate of drug-likeness (QED) is 0.817. The number of carboxylic acids is 1. The van der Waals surface area contributed by atoms with E-state index in [4.69, 9.17) is 15.1 Å². The lowest BCUT2D eigenvalue weighted by molar-refractivity contribution is 0.0695. The number of nitrogens with zero attached hydrogens (tertiary/aromatic N) is 1. The Hall–Kier alpha value is -2.02. The Kier molecular flexibility index (Phi) is 3.29. The van der Waals surface area contributed by atoms with Gasteiger partial charge in [-0.25, -0.2) is 4.79 Å². The van der Waals surface area contributed by atoms with E-state index in [0.717, 1.165) is 0 Å². The molecular formula is C11H11NO3. The molecule has 0 radical (unpaired) electrons. The van der Waals surface area contributed by atoms with Gasteiger partial charge in [0.2, 0.25) is 0 Å². The molecule has 0 fully saturated rings. The van der Waals surface area contributed by atoms with Crippen LogP contribution in [-0.4, -0.2) is 18.2 Å². The van der Waals surface area contributed by atoms with Gasteiger partial charge in [-0.05, 0) is 24.1 Å². The SMILES string of the molecule is CCc1c(C(=O)O)ccc(OC)c1C#N. The first-order valence-corrected chi connectivity index (χ1v) is 4.49. The predicted octanol–water partition coefficient (Wildman–Crippen LogP) is 1.83. The summed E-state index contributed by atoms with van der Waals surface area (Å²) in [5.41, 5.74) is 0.985. The van der Waals surface area contributed by atoms with Crippen LogP contribution in [0.15, 0.2) is 12.1 Å². The third-order valence-electron chi connectivity index (χ3n) is 2.19. The fraction of sp³-hybridized carbons (Fsp3) is 0.273. The van der Waals surface area contributed by atoms with Gasteiger partial charge in [-0.1, -0.05) is 6.92 Å². The number of benzene rings is 1. The van der Waals surface area contributed by atoms with Gasteiger partial charge in [0.05, 0.1) is 18.2 Å². The third kappa shape index (κ3) is 1.91. The van der Waals surface area contributed by atoms with Crippen molar-refractivity contribution in [3.63, 3.8) is 0 Å². The smallest absolute Gasteiger partial charge is 0.336 e. The van der Waals surface area contributed by atoms with Crippen LogP contribution in [0.2, 0.25) is 0 Å².